The summed E-state index contributed by atoms with van der Waals surface area (Å²) in [5.74, 6) is -0.156. The van der Waals surface area contributed by atoms with E-state index in [1.165, 1.54) is 12.5 Å². The standard InChI is InChI=1S/C14H20FNO/c15-13-6-1-4-12(10-13)5-2-8-16-9-3-7-14(16)11-17/h1,4,6,10,14,17H,2-3,5,7-9,11H2/t14-/m1/s1. The molecule has 0 saturated carbocycles. The molecule has 2 rings (SSSR count). The van der Waals surface area contributed by atoms with E-state index in [0.717, 1.165) is 37.9 Å². The Morgan fingerprint density at radius 1 is 1.41 bits per heavy atom. The van der Waals surface area contributed by atoms with Crippen molar-refractivity contribution in [2.45, 2.75) is 31.7 Å². The van der Waals surface area contributed by atoms with Crippen LogP contribution in [0, 0.1) is 5.82 Å². The molecule has 1 atom stereocenters. The van der Waals surface area contributed by atoms with Crippen LogP contribution in [0.25, 0.3) is 0 Å². The number of nitrogens with zero attached hydrogens (tertiary/aromatic N) is 1. The highest BCUT2D eigenvalue weighted by atomic mass is 19.1. The van der Waals surface area contributed by atoms with Crippen molar-refractivity contribution in [2.75, 3.05) is 19.7 Å². The van der Waals surface area contributed by atoms with Gasteiger partial charge in [-0.1, -0.05) is 12.1 Å². The average Bonchev–Trinajstić information content (AvgIpc) is 2.77. The quantitative estimate of drug-likeness (QED) is 0.848. The summed E-state index contributed by atoms with van der Waals surface area (Å²) in [4.78, 5) is 2.35. The fourth-order valence-corrected chi connectivity index (χ4v) is 2.58. The lowest BCUT2D eigenvalue weighted by Crippen LogP contribution is -2.33. The SMILES string of the molecule is OC[C@H]1CCCN1CCCc1cccc(F)c1. The van der Waals surface area contributed by atoms with E-state index in [0.29, 0.717) is 6.04 Å². The van der Waals surface area contributed by atoms with Crippen molar-refractivity contribution in [3.8, 4) is 0 Å². The Morgan fingerprint density at radius 3 is 3.06 bits per heavy atom. The Bertz CT molecular complexity index is 356. The molecule has 94 valence electrons. The first-order chi connectivity index (χ1) is 8.29. The number of likely N-dealkylation sites (tertiary alicyclic amines) is 1. The van der Waals surface area contributed by atoms with Crippen LogP contribution in [-0.2, 0) is 6.42 Å². The number of hydrogen-bond acceptors (Lipinski definition) is 2. The van der Waals surface area contributed by atoms with Gasteiger partial charge < -0.3 is 5.11 Å². The van der Waals surface area contributed by atoms with Gasteiger partial charge >= 0.3 is 0 Å². The van der Waals surface area contributed by atoms with Gasteiger partial charge in [-0.15, -0.1) is 0 Å². The van der Waals surface area contributed by atoms with Gasteiger partial charge in [0.1, 0.15) is 5.82 Å². The maximum Gasteiger partial charge on any atom is 0.123 e. The lowest BCUT2D eigenvalue weighted by molar-refractivity contribution is 0.158. The molecule has 0 aliphatic carbocycles. The minimum absolute atomic E-state index is 0.156. The molecule has 0 amide bonds. The molecular formula is C14H20FNO. The zero-order chi connectivity index (χ0) is 12.1. The Hall–Kier alpha value is -0.930. The van der Waals surface area contributed by atoms with E-state index in [9.17, 15) is 9.50 Å². The molecule has 1 N–H and O–H groups in total. The van der Waals surface area contributed by atoms with Gasteiger partial charge in [0.25, 0.3) is 0 Å². The zero-order valence-electron chi connectivity index (χ0n) is 10.1. The second kappa shape index (κ2) is 6.12. The predicted octanol–water partition coefficient (Wildman–Crippen LogP) is 2.21. The number of aryl methyl sites for hydroxylation is 1. The third-order valence-corrected chi connectivity index (χ3v) is 3.51. The molecule has 0 aromatic heterocycles. The highest BCUT2D eigenvalue weighted by molar-refractivity contribution is 5.16. The summed E-state index contributed by atoms with van der Waals surface area (Å²) in [5.41, 5.74) is 1.06. The number of rotatable bonds is 5. The van der Waals surface area contributed by atoms with Crippen molar-refractivity contribution in [1.29, 1.82) is 0 Å². The third kappa shape index (κ3) is 3.51. The molecule has 0 unspecified atom stereocenters. The molecule has 1 aliphatic heterocycles. The van der Waals surface area contributed by atoms with E-state index in [1.807, 2.05) is 6.07 Å². The molecule has 17 heavy (non-hydrogen) atoms. The van der Waals surface area contributed by atoms with Crippen molar-refractivity contribution in [1.82, 2.24) is 4.90 Å². The predicted molar refractivity (Wildman–Crippen MR) is 66.4 cm³/mol. The summed E-state index contributed by atoms with van der Waals surface area (Å²) in [7, 11) is 0. The van der Waals surface area contributed by atoms with E-state index in [4.69, 9.17) is 0 Å². The maximum absolute atomic E-state index is 13.0. The Kier molecular flexibility index (Phi) is 4.51. The van der Waals surface area contributed by atoms with E-state index < -0.39 is 0 Å². The summed E-state index contributed by atoms with van der Waals surface area (Å²) in [6, 6.07) is 7.16. The van der Waals surface area contributed by atoms with E-state index >= 15 is 0 Å². The number of halogens is 1. The second-order valence-corrected chi connectivity index (χ2v) is 4.75. The van der Waals surface area contributed by atoms with Crippen LogP contribution in [0.5, 0.6) is 0 Å². The van der Waals surface area contributed by atoms with Crippen molar-refractivity contribution < 1.29 is 9.50 Å². The molecular weight excluding hydrogens is 217 g/mol. The molecule has 1 aliphatic rings. The molecule has 2 nitrogen and oxygen atoms in total. The van der Waals surface area contributed by atoms with Crippen LogP contribution in [0.3, 0.4) is 0 Å². The van der Waals surface area contributed by atoms with Crippen molar-refractivity contribution in [2.24, 2.45) is 0 Å². The smallest absolute Gasteiger partial charge is 0.123 e. The van der Waals surface area contributed by atoms with Gasteiger partial charge in [0.15, 0.2) is 0 Å². The van der Waals surface area contributed by atoms with E-state index in [-0.39, 0.29) is 12.4 Å². The molecule has 1 fully saturated rings. The van der Waals surface area contributed by atoms with Crippen molar-refractivity contribution in [3.05, 3.63) is 35.6 Å². The highest BCUT2D eigenvalue weighted by Crippen LogP contribution is 2.17. The lowest BCUT2D eigenvalue weighted by Gasteiger charge is -2.22. The largest absolute Gasteiger partial charge is 0.395 e. The van der Waals surface area contributed by atoms with Gasteiger partial charge in [0.05, 0.1) is 6.61 Å². The summed E-state index contributed by atoms with van der Waals surface area (Å²) in [6.07, 6.45) is 4.23. The van der Waals surface area contributed by atoms with Crippen molar-refractivity contribution >= 4 is 0 Å². The zero-order valence-corrected chi connectivity index (χ0v) is 10.1. The van der Waals surface area contributed by atoms with Crippen LogP contribution in [0.1, 0.15) is 24.8 Å². The van der Waals surface area contributed by atoms with Crippen LogP contribution < -0.4 is 0 Å². The minimum atomic E-state index is -0.156. The van der Waals surface area contributed by atoms with Crippen LogP contribution in [0.2, 0.25) is 0 Å². The topological polar surface area (TPSA) is 23.5 Å². The molecule has 0 bridgehead atoms. The molecule has 0 spiro atoms. The highest BCUT2D eigenvalue weighted by Gasteiger charge is 2.22. The summed E-state index contributed by atoms with van der Waals surface area (Å²) in [6.45, 7) is 2.36. The molecule has 1 aromatic carbocycles. The maximum atomic E-state index is 13.0. The van der Waals surface area contributed by atoms with Crippen LogP contribution in [0.15, 0.2) is 24.3 Å². The monoisotopic (exact) mass is 237 g/mol. The third-order valence-electron chi connectivity index (χ3n) is 3.51. The Balaban J connectivity index is 1.76. The first-order valence-corrected chi connectivity index (χ1v) is 6.39. The van der Waals surface area contributed by atoms with Crippen LogP contribution >= 0.6 is 0 Å². The summed E-state index contributed by atoms with van der Waals surface area (Å²) < 4.78 is 13.0. The fraction of sp³-hybridized carbons (Fsp3) is 0.571. The van der Waals surface area contributed by atoms with E-state index in [1.54, 1.807) is 12.1 Å². The van der Waals surface area contributed by atoms with Gasteiger partial charge in [-0.25, -0.2) is 4.39 Å². The van der Waals surface area contributed by atoms with E-state index in [2.05, 4.69) is 4.90 Å². The number of aliphatic hydroxyl groups excluding tert-OH is 1. The summed E-state index contributed by atoms with van der Waals surface area (Å²) in [5, 5.41) is 9.20. The molecule has 1 heterocycles. The van der Waals surface area contributed by atoms with Gasteiger partial charge in [-0.05, 0) is 56.5 Å². The van der Waals surface area contributed by atoms with Gasteiger partial charge in [0, 0.05) is 6.04 Å². The van der Waals surface area contributed by atoms with Gasteiger partial charge in [-0.2, -0.15) is 0 Å². The first-order valence-electron chi connectivity index (χ1n) is 6.39. The van der Waals surface area contributed by atoms with Crippen molar-refractivity contribution in [3.63, 3.8) is 0 Å². The number of aliphatic hydroxyl groups is 1. The normalized spacial score (nSPS) is 20.9. The lowest BCUT2D eigenvalue weighted by atomic mass is 10.1. The number of benzene rings is 1. The fourth-order valence-electron chi connectivity index (χ4n) is 2.58. The molecule has 0 radical (unpaired) electrons. The Labute approximate surface area is 102 Å². The van der Waals surface area contributed by atoms with Gasteiger partial charge in [0.2, 0.25) is 0 Å². The molecule has 1 saturated heterocycles. The minimum Gasteiger partial charge on any atom is -0.395 e. The average molecular weight is 237 g/mol. The van der Waals surface area contributed by atoms with Gasteiger partial charge in [-0.3, -0.25) is 4.90 Å². The second-order valence-electron chi connectivity index (χ2n) is 4.75. The number of hydrogen-bond donors (Lipinski definition) is 1. The summed E-state index contributed by atoms with van der Waals surface area (Å²) >= 11 is 0. The van der Waals surface area contributed by atoms with Crippen LogP contribution in [0.4, 0.5) is 4.39 Å². The first kappa shape index (κ1) is 12.5. The molecule has 1 aromatic rings. The molecule has 3 heteroatoms. The van der Waals surface area contributed by atoms with Crippen LogP contribution in [-0.4, -0.2) is 35.7 Å². The Morgan fingerprint density at radius 2 is 2.29 bits per heavy atom.